The molecule has 2 aromatic carbocycles. The van der Waals surface area contributed by atoms with Gasteiger partial charge in [-0.25, -0.2) is 0 Å². The first-order valence-electron chi connectivity index (χ1n) is 6.53. The van der Waals surface area contributed by atoms with E-state index < -0.39 is 5.91 Å². The van der Waals surface area contributed by atoms with Gasteiger partial charge in [0.15, 0.2) is 0 Å². The first-order valence-corrected chi connectivity index (χ1v) is 6.53. The molecule has 2 aromatic rings. The van der Waals surface area contributed by atoms with Gasteiger partial charge in [-0.3, -0.25) is 4.79 Å². The Kier molecular flexibility index (Phi) is 4.99. The van der Waals surface area contributed by atoms with E-state index in [-0.39, 0.29) is 5.56 Å². The number of hydrogen-bond acceptors (Lipinski definition) is 3. The van der Waals surface area contributed by atoms with Gasteiger partial charge in [0.05, 0.1) is 5.56 Å². The standard InChI is InChI=1S/C17H15NO3/c1-2-7-14-10-6-11-15(16(14)17(19)18-20)21-12-13-8-4-3-5-9-13/h2-6,8-11H,1,7,12H2. The summed E-state index contributed by atoms with van der Waals surface area (Å²) in [7, 11) is 0. The SMILES string of the molecule is C=CCc1cccc(OCc2ccccc2)c1C(=O)N=O. The molecule has 0 aliphatic heterocycles. The summed E-state index contributed by atoms with van der Waals surface area (Å²) in [6.07, 6.45) is 2.14. The maximum absolute atomic E-state index is 11.7. The summed E-state index contributed by atoms with van der Waals surface area (Å²) in [6, 6.07) is 14.8. The van der Waals surface area contributed by atoms with Crippen LogP contribution in [0, 0.1) is 4.91 Å². The maximum atomic E-state index is 11.7. The number of hydrogen-bond donors (Lipinski definition) is 0. The molecule has 0 bridgehead atoms. The second kappa shape index (κ2) is 7.14. The zero-order valence-corrected chi connectivity index (χ0v) is 11.5. The first-order chi connectivity index (χ1) is 10.3. The number of benzene rings is 2. The molecule has 0 aromatic heterocycles. The zero-order valence-electron chi connectivity index (χ0n) is 11.5. The summed E-state index contributed by atoms with van der Waals surface area (Å²) < 4.78 is 5.68. The molecule has 2 rings (SSSR count). The second-order valence-corrected chi connectivity index (χ2v) is 4.45. The highest BCUT2D eigenvalue weighted by Crippen LogP contribution is 2.25. The summed E-state index contributed by atoms with van der Waals surface area (Å²) in [5.74, 6) is -0.460. The van der Waals surface area contributed by atoms with Crippen molar-refractivity contribution in [2.75, 3.05) is 0 Å². The molecule has 0 radical (unpaired) electrons. The van der Waals surface area contributed by atoms with E-state index in [1.54, 1.807) is 24.3 Å². The van der Waals surface area contributed by atoms with Gasteiger partial charge in [0.1, 0.15) is 12.4 Å². The summed E-state index contributed by atoms with van der Waals surface area (Å²) in [5, 5.41) is 2.51. The Morgan fingerprint density at radius 1 is 1.14 bits per heavy atom. The van der Waals surface area contributed by atoms with Crippen LogP contribution in [-0.2, 0) is 13.0 Å². The van der Waals surface area contributed by atoms with Crippen molar-refractivity contribution in [3.8, 4) is 5.75 Å². The lowest BCUT2D eigenvalue weighted by molar-refractivity contribution is 0.0995. The van der Waals surface area contributed by atoms with E-state index >= 15 is 0 Å². The van der Waals surface area contributed by atoms with Crippen LogP contribution in [0.5, 0.6) is 5.75 Å². The number of ether oxygens (including phenoxy) is 1. The molecule has 4 heteroatoms. The highest BCUT2D eigenvalue weighted by atomic mass is 16.5. The van der Waals surface area contributed by atoms with Crippen molar-refractivity contribution in [3.05, 3.63) is 82.8 Å². The van der Waals surface area contributed by atoms with Crippen molar-refractivity contribution >= 4 is 5.91 Å². The minimum Gasteiger partial charge on any atom is -0.488 e. The van der Waals surface area contributed by atoms with Crippen LogP contribution < -0.4 is 4.74 Å². The number of nitroso groups, excluding NO2 is 1. The molecule has 0 unspecified atom stereocenters. The first kappa shape index (κ1) is 14.7. The van der Waals surface area contributed by atoms with Gasteiger partial charge >= 0.3 is 5.91 Å². The molecular formula is C17H15NO3. The number of rotatable bonds is 6. The van der Waals surface area contributed by atoms with E-state index in [0.29, 0.717) is 24.3 Å². The third kappa shape index (κ3) is 3.63. The van der Waals surface area contributed by atoms with Crippen molar-refractivity contribution < 1.29 is 9.53 Å². The van der Waals surface area contributed by atoms with E-state index in [0.717, 1.165) is 5.56 Å². The lowest BCUT2D eigenvalue weighted by atomic mass is 10.0. The number of carbonyl (C=O) groups is 1. The Morgan fingerprint density at radius 2 is 1.90 bits per heavy atom. The van der Waals surface area contributed by atoms with Crippen LogP contribution in [0.1, 0.15) is 21.5 Å². The Morgan fingerprint density at radius 3 is 2.57 bits per heavy atom. The van der Waals surface area contributed by atoms with Crippen molar-refractivity contribution in [2.45, 2.75) is 13.0 Å². The third-order valence-electron chi connectivity index (χ3n) is 3.01. The molecule has 0 spiro atoms. The molecule has 0 fully saturated rings. The Labute approximate surface area is 123 Å². The molecule has 106 valence electrons. The van der Waals surface area contributed by atoms with E-state index in [9.17, 15) is 9.70 Å². The molecular weight excluding hydrogens is 266 g/mol. The summed E-state index contributed by atoms with van der Waals surface area (Å²) in [4.78, 5) is 22.4. The molecule has 0 atom stereocenters. The molecule has 1 amide bonds. The van der Waals surface area contributed by atoms with Gasteiger partial charge in [-0.15, -0.1) is 11.5 Å². The van der Waals surface area contributed by atoms with Crippen molar-refractivity contribution in [1.82, 2.24) is 0 Å². The molecule has 4 nitrogen and oxygen atoms in total. The predicted octanol–water partition coefficient (Wildman–Crippen LogP) is 3.90. The van der Waals surface area contributed by atoms with Crippen LogP contribution in [-0.4, -0.2) is 5.91 Å². The number of carbonyl (C=O) groups excluding carboxylic acids is 1. The monoisotopic (exact) mass is 281 g/mol. The Hall–Kier alpha value is -2.75. The fourth-order valence-electron chi connectivity index (χ4n) is 2.05. The number of amides is 1. The topological polar surface area (TPSA) is 55.7 Å². The lowest BCUT2D eigenvalue weighted by Gasteiger charge is -2.12. The molecule has 21 heavy (non-hydrogen) atoms. The van der Waals surface area contributed by atoms with Crippen LogP contribution >= 0.6 is 0 Å². The van der Waals surface area contributed by atoms with Gasteiger partial charge in [-0.2, -0.15) is 0 Å². The molecule has 0 saturated heterocycles. The summed E-state index contributed by atoms with van der Waals surface area (Å²) in [5.41, 5.74) is 1.87. The highest BCUT2D eigenvalue weighted by molar-refractivity contribution is 5.99. The van der Waals surface area contributed by atoms with Crippen LogP contribution in [0.4, 0.5) is 0 Å². The minimum atomic E-state index is -0.824. The predicted molar refractivity (Wildman–Crippen MR) is 81.2 cm³/mol. The average Bonchev–Trinajstić information content (AvgIpc) is 2.53. The summed E-state index contributed by atoms with van der Waals surface area (Å²) in [6.45, 7) is 3.96. The van der Waals surface area contributed by atoms with Crippen molar-refractivity contribution in [2.24, 2.45) is 5.18 Å². The van der Waals surface area contributed by atoms with Crippen LogP contribution in [0.3, 0.4) is 0 Å². The van der Waals surface area contributed by atoms with Crippen molar-refractivity contribution in [3.63, 3.8) is 0 Å². The second-order valence-electron chi connectivity index (χ2n) is 4.45. The number of allylic oxidation sites excluding steroid dienone is 1. The molecule has 0 saturated carbocycles. The Balaban J connectivity index is 2.29. The third-order valence-corrected chi connectivity index (χ3v) is 3.01. The Bertz CT molecular complexity index is 650. The van der Waals surface area contributed by atoms with Crippen LogP contribution in [0.2, 0.25) is 0 Å². The van der Waals surface area contributed by atoms with Crippen LogP contribution in [0.15, 0.2) is 66.4 Å². The largest absolute Gasteiger partial charge is 0.488 e. The molecule has 0 heterocycles. The molecule has 0 N–H and O–H groups in total. The minimum absolute atomic E-state index is 0.211. The van der Waals surface area contributed by atoms with Crippen LogP contribution in [0.25, 0.3) is 0 Å². The van der Waals surface area contributed by atoms with Gasteiger partial charge in [0.25, 0.3) is 0 Å². The molecule has 0 aliphatic rings. The van der Waals surface area contributed by atoms with Crippen molar-refractivity contribution in [1.29, 1.82) is 0 Å². The summed E-state index contributed by atoms with van der Waals surface area (Å²) >= 11 is 0. The van der Waals surface area contributed by atoms with Gasteiger partial charge in [0, 0.05) is 5.18 Å². The normalized spacial score (nSPS) is 9.90. The average molecular weight is 281 g/mol. The van der Waals surface area contributed by atoms with Gasteiger partial charge in [-0.05, 0) is 23.6 Å². The number of nitrogens with zero attached hydrogens (tertiary/aromatic N) is 1. The lowest BCUT2D eigenvalue weighted by Crippen LogP contribution is -2.05. The maximum Gasteiger partial charge on any atom is 0.320 e. The fraction of sp³-hybridized carbons (Fsp3) is 0.118. The van der Waals surface area contributed by atoms with E-state index in [1.165, 1.54) is 0 Å². The van der Waals surface area contributed by atoms with Gasteiger partial charge in [-0.1, -0.05) is 48.5 Å². The van der Waals surface area contributed by atoms with E-state index in [4.69, 9.17) is 4.74 Å². The van der Waals surface area contributed by atoms with Gasteiger partial charge < -0.3 is 4.74 Å². The van der Waals surface area contributed by atoms with Gasteiger partial charge in [0.2, 0.25) is 0 Å². The fourth-order valence-corrected chi connectivity index (χ4v) is 2.05. The zero-order chi connectivity index (χ0) is 15.1. The molecule has 0 aliphatic carbocycles. The smallest absolute Gasteiger partial charge is 0.320 e. The van der Waals surface area contributed by atoms with E-state index in [1.807, 2.05) is 30.3 Å². The van der Waals surface area contributed by atoms with E-state index in [2.05, 4.69) is 11.8 Å². The highest BCUT2D eigenvalue weighted by Gasteiger charge is 2.17. The quantitative estimate of drug-likeness (QED) is 0.596.